The lowest BCUT2D eigenvalue weighted by Crippen LogP contribution is -2.29. The highest BCUT2D eigenvalue weighted by Crippen LogP contribution is 2.39. The summed E-state index contributed by atoms with van der Waals surface area (Å²) >= 11 is 0. The highest BCUT2D eigenvalue weighted by Gasteiger charge is 2.33. The Bertz CT molecular complexity index is 934. The molecule has 5 nitrogen and oxygen atoms in total. The first kappa shape index (κ1) is 17.5. The number of para-hydroxylation sites is 1. The van der Waals surface area contributed by atoms with Crippen LogP contribution < -0.4 is 10.2 Å². The number of amides is 1. The number of fused-ring (bicyclic) bond motifs is 1. The smallest absolute Gasteiger partial charge is 0.247 e. The highest BCUT2D eigenvalue weighted by atomic mass is 16.5. The number of nitrogens with one attached hydrogen (secondary N) is 1. The quantitative estimate of drug-likeness (QED) is 0.527. The summed E-state index contributed by atoms with van der Waals surface area (Å²) in [6.07, 6.45) is 4.55. The van der Waals surface area contributed by atoms with Gasteiger partial charge in [-0.1, -0.05) is 42.8 Å². The van der Waals surface area contributed by atoms with Crippen LogP contribution in [0.2, 0.25) is 0 Å². The van der Waals surface area contributed by atoms with Crippen molar-refractivity contribution in [2.45, 2.75) is 31.8 Å². The second kappa shape index (κ2) is 7.76. The number of nitrogens with zero attached hydrogens (tertiary/aromatic N) is 1. The number of benzene rings is 2. The van der Waals surface area contributed by atoms with Gasteiger partial charge >= 0.3 is 0 Å². The minimum Gasteiger partial charge on any atom is -0.488 e. The molecule has 0 spiro atoms. The van der Waals surface area contributed by atoms with E-state index in [2.05, 4.69) is 17.1 Å². The van der Waals surface area contributed by atoms with Gasteiger partial charge < -0.3 is 4.74 Å². The van der Waals surface area contributed by atoms with Gasteiger partial charge in [-0.15, -0.1) is 0 Å². The number of hydroxylamine groups is 1. The number of carbonyl (C=O) groups excluding carboxylic acids is 1. The first-order valence-electron chi connectivity index (χ1n) is 9.25. The van der Waals surface area contributed by atoms with E-state index in [-0.39, 0.29) is 17.7 Å². The molecule has 0 radical (unpaired) electrons. The van der Waals surface area contributed by atoms with Gasteiger partial charge in [0.2, 0.25) is 5.91 Å². The number of rotatable bonds is 5. The summed E-state index contributed by atoms with van der Waals surface area (Å²) in [4.78, 5) is 16.2. The molecule has 0 saturated heterocycles. The van der Waals surface area contributed by atoms with E-state index in [0.717, 1.165) is 47.0 Å². The lowest BCUT2D eigenvalue weighted by molar-refractivity contribution is -0.133. The van der Waals surface area contributed by atoms with Crippen LogP contribution in [0.5, 0.6) is 5.75 Å². The van der Waals surface area contributed by atoms with E-state index in [1.807, 2.05) is 47.9 Å². The molecule has 1 aromatic heterocycles. The predicted molar refractivity (Wildman–Crippen MR) is 103 cm³/mol. The summed E-state index contributed by atoms with van der Waals surface area (Å²) in [7, 11) is 0. The summed E-state index contributed by atoms with van der Waals surface area (Å²) in [5.41, 5.74) is 4.93. The van der Waals surface area contributed by atoms with Crippen molar-refractivity contribution >= 4 is 16.8 Å². The zero-order valence-electron chi connectivity index (χ0n) is 15.0. The van der Waals surface area contributed by atoms with Crippen molar-refractivity contribution < 1.29 is 14.7 Å². The van der Waals surface area contributed by atoms with E-state index < -0.39 is 0 Å². The van der Waals surface area contributed by atoms with Gasteiger partial charge in [0.05, 0.1) is 5.52 Å². The molecule has 27 heavy (non-hydrogen) atoms. The number of hydrogen-bond donors (Lipinski definition) is 2. The number of ether oxygens (including phenoxy) is 1. The third-order valence-electron chi connectivity index (χ3n) is 5.37. The Labute approximate surface area is 158 Å². The van der Waals surface area contributed by atoms with Crippen molar-refractivity contribution in [3.8, 4) is 5.75 Å². The van der Waals surface area contributed by atoms with E-state index in [1.54, 1.807) is 6.20 Å². The minimum absolute atomic E-state index is 0.153. The van der Waals surface area contributed by atoms with Gasteiger partial charge in [-0.2, -0.15) is 0 Å². The van der Waals surface area contributed by atoms with E-state index >= 15 is 0 Å². The largest absolute Gasteiger partial charge is 0.488 e. The third-order valence-corrected chi connectivity index (χ3v) is 5.37. The van der Waals surface area contributed by atoms with Crippen LogP contribution in [-0.2, 0) is 11.4 Å². The van der Waals surface area contributed by atoms with E-state index in [0.29, 0.717) is 6.61 Å². The number of pyridine rings is 1. The summed E-state index contributed by atoms with van der Waals surface area (Å²) in [5, 5.41) is 9.94. The molecule has 1 saturated carbocycles. The molecule has 138 valence electrons. The first-order valence-corrected chi connectivity index (χ1v) is 9.25. The van der Waals surface area contributed by atoms with Crippen LogP contribution in [0.15, 0.2) is 60.8 Å². The second-order valence-electron chi connectivity index (χ2n) is 6.98. The Morgan fingerprint density at radius 1 is 1.11 bits per heavy atom. The standard InChI is InChI=1S/C22H22N2O3/c25-22(24-26)18-6-3-5-17(18)16-10-8-15(9-11-16)14-27-21-12-13-23-20-7-2-1-4-19(20)21/h1-2,4,7-13,17-18,26H,3,5-6,14H2,(H,24,25). The molecule has 2 N–H and O–H groups in total. The van der Waals surface area contributed by atoms with Crippen LogP contribution in [-0.4, -0.2) is 16.1 Å². The van der Waals surface area contributed by atoms with Gasteiger partial charge in [0, 0.05) is 17.5 Å². The van der Waals surface area contributed by atoms with Crippen LogP contribution in [0.25, 0.3) is 10.9 Å². The third kappa shape index (κ3) is 3.64. The normalized spacial score (nSPS) is 19.1. The first-order chi connectivity index (χ1) is 13.3. The van der Waals surface area contributed by atoms with Crippen molar-refractivity contribution in [3.05, 3.63) is 71.9 Å². The average molecular weight is 362 g/mol. The van der Waals surface area contributed by atoms with Gasteiger partial charge in [-0.05, 0) is 48.1 Å². The molecule has 2 unspecified atom stereocenters. The van der Waals surface area contributed by atoms with Gasteiger partial charge in [-0.25, -0.2) is 5.48 Å². The Hall–Kier alpha value is -2.92. The molecule has 1 aliphatic rings. The van der Waals surface area contributed by atoms with Crippen LogP contribution in [0.1, 0.15) is 36.3 Å². The van der Waals surface area contributed by atoms with Crippen molar-refractivity contribution in [1.29, 1.82) is 0 Å². The van der Waals surface area contributed by atoms with Crippen LogP contribution in [0.3, 0.4) is 0 Å². The van der Waals surface area contributed by atoms with Crippen LogP contribution >= 0.6 is 0 Å². The summed E-state index contributed by atoms with van der Waals surface area (Å²) in [6.45, 7) is 0.472. The van der Waals surface area contributed by atoms with Crippen LogP contribution in [0.4, 0.5) is 0 Å². The van der Waals surface area contributed by atoms with Gasteiger partial charge in [0.25, 0.3) is 0 Å². The number of aromatic nitrogens is 1. The second-order valence-corrected chi connectivity index (χ2v) is 6.98. The Kier molecular flexibility index (Phi) is 5.03. The molecule has 5 heteroatoms. The molecule has 4 rings (SSSR count). The maximum Gasteiger partial charge on any atom is 0.247 e. The maximum atomic E-state index is 11.8. The van der Waals surface area contributed by atoms with Gasteiger partial charge in [0.1, 0.15) is 12.4 Å². The molecule has 0 aliphatic heterocycles. The molecule has 2 atom stereocenters. The van der Waals surface area contributed by atoms with E-state index in [1.165, 1.54) is 0 Å². The van der Waals surface area contributed by atoms with Crippen molar-refractivity contribution in [2.75, 3.05) is 0 Å². The fourth-order valence-corrected chi connectivity index (χ4v) is 3.97. The Morgan fingerprint density at radius 2 is 1.93 bits per heavy atom. The molecular formula is C22H22N2O3. The van der Waals surface area contributed by atoms with Crippen molar-refractivity contribution in [1.82, 2.24) is 10.5 Å². The number of hydrogen-bond acceptors (Lipinski definition) is 4. The van der Waals surface area contributed by atoms with Crippen molar-refractivity contribution in [2.24, 2.45) is 5.92 Å². The molecule has 1 heterocycles. The lowest BCUT2D eigenvalue weighted by Gasteiger charge is -2.18. The molecule has 3 aromatic rings. The number of carbonyl (C=O) groups is 1. The Balaban J connectivity index is 1.46. The van der Waals surface area contributed by atoms with E-state index in [9.17, 15) is 4.79 Å². The minimum atomic E-state index is -0.283. The predicted octanol–water partition coefficient (Wildman–Crippen LogP) is 4.20. The highest BCUT2D eigenvalue weighted by molar-refractivity contribution is 5.84. The zero-order valence-corrected chi connectivity index (χ0v) is 15.0. The fraction of sp³-hybridized carbons (Fsp3) is 0.273. The molecule has 1 aliphatic carbocycles. The molecule has 1 fully saturated rings. The van der Waals surface area contributed by atoms with Crippen LogP contribution in [0, 0.1) is 5.92 Å². The zero-order chi connectivity index (χ0) is 18.6. The topological polar surface area (TPSA) is 71.5 Å². The summed E-state index contributed by atoms with van der Waals surface area (Å²) in [5.74, 6) is 0.547. The SMILES string of the molecule is O=C(NO)C1CCCC1c1ccc(COc2ccnc3ccccc23)cc1. The lowest BCUT2D eigenvalue weighted by atomic mass is 9.88. The fourth-order valence-electron chi connectivity index (χ4n) is 3.97. The maximum absolute atomic E-state index is 11.8. The van der Waals surface area contributed by atoms with Gasteiger partial charge in [-0.3, -0.25) is 15.0 Å². The monoisotopic (exact) mass is 362 g/mol. The average Bonchev–Trinajstić information content (AvgIpc) is 3.22. The summed E-state index contributed by atoms with van der Waals surface area (Å²) < 4.78 is 6.01. The molecule has 2 aromatic carbocycles. The summed E-state index contributed by atoms with van der Waals surface area (Å²) in [6, 6.07) is 18.0. The van der Waals surface area contributed by atoms with Crippen molar-refractivity contribution in [3.63, 3.8) is 0 Å². The molecular weight excluding hydrogens is 340 g/mol. The Morgan fingerprint density at radius 3 is 2.74 bits per heavy atom. The van der Waals surface area contributed by atoms with Gasteiger partial charge in [0.15, 0.2) is 0 Å². The molecule has 1 amide bonds. The van der Waals surface area contributed by atoms with E-state index in [4.69, 9.17) is 9.94 Å². The molecule has 0 bridgehead atoms.